The number of nitrogens with zero attached hydrogens (tertiary/aromatic N) is 1. The Morgan fingerprint density at radius 2 is 2.18 bits per heavy atom. The molecule has 1 aromatic rings. The number of hydrazine groups is 1. The van der Waals surface area contributed by atoms with Gasteiger partial charge in [0.2, 0.25) is 10.3 Å². The first-order chi connectivity index (χ1) is 8.15. The lowest BCUT2D eigenvalue weighted by Gasteiger charge is -2.30. The van der Waals surface area contributed by atoms with Gasteiger partial charge in [-0.3, -0.25) is 0 Å². The molecule has 0 aromatic heterocycles. The standard InChI is InChI=1S/C10H11BN2O3S/c1-2-7-13-11(14)9-6-4-3-5-8(9)10(12-13)17(15)16/h2-6,12,14H,1,7H2. The van der Waals surface area contributed by atoms with E-state index in [1.807, 2.05) is 0 Å². The van der Waals surface area contributed by atoms with Crippen LogP contribution in [0.5, 0.6) is 0 Å². The summed E-state index contributed by atoms with van der Waals surface area (Å²) >= 11 is 0. The van der Waals surface area contributed by atoms with Crippen molar-refractivity contribution in [1.29, 1.82) is 0 Å². The first kappa shape index (κ1) is 12.1. The van der Waals surface area contributed by atoms with Crippen molar-refractivity contribution in [1.82, 2.24) is 10.3 Å². The lowest BCUT2D eigenvalue weighted by atomic mass is 9.69. The summed E-state index contributed by atoms with van der Waals surface area (Å²) in [4.78, 5) is 1.47. The Kier molecular flexibility index (Phi) is 3.44. The van der Waals surface area contributed by atoms with Gasteiger partial charge in [0.1, 0.15) is 0 Å². The molecule has 0 fully saturated rings. The molecule has 7 heteroatoms. The van der Waals surface area contributed by atoms with Crippen LogP contribution in [-0.4, -0.2) is 36.9 Å². The van der Waals surface area contributed by atoms with Crippen LogP contribution in [-0.2, 0) is 10.3 Å². The second kappa shape index (κ2) is 4.85. The molecule has 1 aromatic carbocycles. The smallest absolute Gasteiger partial charge is 0.431 e. The zero-order valence-electron chi connectivity index (χ0n) is 9.00. The molecule has 17 heavy (non-hydrogen) atoms. The normalized spacial score (nSPS) is 15.6. The maximum Gasteiger partial charge on any atom is 0.431 e. The largest absolute Gasteiger partial charge is 0.433 e. The highest BCUT2D eigenvalue weighted by atomic mass is 32.2. The van der Waals surface area contributed by atoms with Crippen molar-refractivity contribution in [3.05, 3.63) is 42.5 Å². The summed E-state index contributed by atoms with van der Waals surface area (Å²) in [6, 6.07) is 6.83. The van der Waals surface area contributed by atoms with Crippen molar-refractivity contribution in [2.75, 3.05) is 6.54 Å². The third kappa shape index (κ3) is 2.18. The van der Waals surface area contributed by atoms with Crippen molar-refractivity contribution in [3.63, 3.8) is 0 Å². The van der Waals surface area contributed by atoms with Crippen LogP contribution < -0.4 is 10.9 Å². The van der Waals surface area contributed by atoms with Gasteiger partial charge in [0.25, 0.3) is 0 Å². The van der Waals surface area contributed by atoms with E-state index in [-0.39, 0.29) is 4.99 Å². The summed E-state index contributed by atoms with van der Waals surface area (Å²) in [6.45, 7) is 3.89. The molecule has 2 rings (SSSR count). The minimum atomic E-state index is -2.38. The molecular weight excluding hydrogens is 239 g/mol. The Balaban J connectivity index is 2.59. The summed E-state index contributed by atoms with van der Waals surface area (Å²) in [6.07, 6.45) is 1.58. The summed E-state index contributed by atoms with van der Waals surface area (Å²) in [5.41, 5.74) is 3.73. The zero-order valence-corrected chi connectivity index (χ0v) is 9.81. The van der Waals surface area contributed by atoms with Crippen LogP contribution in [0.1, 0.15) is 5.56 Å². The van der Waals surface area contributed by atoms with Gasteiger partial charge in [-0.1, -0.05) is 30.3 Å². The lowest BCUT2D eigenvalue weighted by Crippen LogP contribution is -2.63. The third-order valence-electron chi connectivity index (χ3n) is 2.52. The fourth-order valence-corrected chi connectivity index (χ4v) is 2.32. The predicted molar refractivity (Wildman–Crippen MR) is 67.1 cm³/mol. The molecular formula is C10H11BN2O3S. The molecule has 0 spiro atoms. The maximum absolute atomic E-state index is 11.1. The second-order valence-corrected chi connectivity index (χ2v) is 4.46. The van der Waals surface area contributed by atoms with E-state index in [1.54, 1.807) is 30.3 Å². The van der Waals surface area contributed by atoms with Gasteiger partial charge in [0, 0.05) is 12.1 Å². The molecule has 0 aliphatic carbocycles. The van der Waals surface area contributed by atoms with E-state index >= 15 is 0 Å². The number of hydrogen-bond acceptors (Lipinski definition) is 4. The van der Waals surface area contributed by atoms with Gasteiger partial charge in [-0.05, 0) is 5.46 Å². The van der Waals surface area contributed by atoms with Crippen LogP contribution in [0.15, 0.2) is 36.9 Å². The molecule has 0 saturated heterocycles. The van der Waals surface area contributed by atoms with Gasteiger partial charge in [0.15, 0.2) is 4.99 Å². The highest BCUT2D eigenvalue weighted by Crippen LogP contribution is 2.06. The molecule has 1 heterocycles. The third-order valence-corrected chi connectivity index (χ3v) is 3.16. The molecule has 1 aliphatic heterocycles. The molecule has 1 aliphatic rings. The van der Waals surface area contributed by atoms with Gasteiger partial charge < -0.3 is 5.02 Å². The van der Waals surface area contributed by atoms with E-state index in [0.29, 0.717) is 17.6 Å². The van der Waals surface area contributed by atoms with Gasteiger partial charge in [0.05, 0.1) is 0 Å². The van der Waals surface area contributed by atoms with Crippen molar-refractivity contribution in [2.45, 2.75) is 0 Å². The van der Waals surface area contributed by atoms with Crippen LogP contribution in [0.3, 0.4) is 0 Å². The second-order valence-electron chi connectivity index (χ2n) is 3.58. The minimum Gasteiger partial charge on any atom is -0.433 e. The first-order valence-electron chi connectivity index (χ1n) is 5.03. The molecule has 0 atom stereocenters. The lowest BCUT2D eigenvalue weighted by molar-refractivity contribution is 0.363. The van der Waals surface area contributed by atoms with Crippen molar-refractivity contribution >= 4 is 27.8 Å². The van der Waals surface area contributed by atoms with Crippen LogP contribution in [0, 0.1) is 0 Å². The first-order valence-corrected chi connectivity index (χ1v) is 6.10. The van der Waals surface area contributed by atoms with Crippen molar-refractivity contribution in [3.8, 4) is 0 Å². The van der Waals surface area contributed by atoms with E-state index in [9.17, 15) is 13.4 Å². The van der Waals surface area contributed by atoms with E-state index < -0.39 is 17.3 Å². The van der Waals surface area contributed by atoms with Crippen molar-refractivity contribution < 1.29 is 13.4 Å². The van der Waals surface area contributed by atoms with Gasteiger partial charge in [-0.15, -0.1) is 6.58 Å². The Morgan fingerprint density at radius 3 is 2.82 bits per heavy atom. The molecule has 0 unspecified atom stereocenters. The van der Waals surface area contributed by atoms with Crippen molar-refractivity contribution in [2.24, 2.45) is 0 Å². The number of nitrogens with one attached hydrogen (secondary N) is 1. The van der Waals surface area contributed by atoms with Crippen LogP contribution in [0.25, 0.3) is 0 Å². The molecule has 0 radical (unpaired) electrons. The average Bonchev–Trinajstić information content (AvgIpc) is 2.32. The number of fused-ring (bicyclic) bond motifs is 1. The Hall–Kier alpha value is -1.41. The Bertz CT molecular complexity index is 577. The predicted octanol–water partition coefficient (Wildman–Crippen LogP) is -1.26. The SMILES string of the molecule is C=CCN1NC(=S(=O)=O)c2ccccc2B1O. The quantitative estimate of drug-likeness (QED) is 0.389. The number of benzene rings is 1. The summed E-state index contributed by atoms with van der Waals surface area (Å²) in [7, 11) is -3.28. The van der Waals surface area contributed by atoms with E-state index in [2.05, 4.69) is 12.0 Å². The molecule has 0 bridgehead atoms. The van der Waals surface area contributed by atoms with Gasteiger partial charge in [-0.2, -0.15) is 8.42 Å². The summed E-state index contributed by atoms with van der Waals surface area (Å²) in [5.74, 6) is 0. The Labute approximate surface area is 101 Å². The van der Waals surface area contributed by atoms with E-state index in [4.69, 9.17) is 0 Å². The topological polar surface area (TPSA) is 69.6 Å². The molecule has 5 nitrogen and oxygen atoms in total. The van der Waals surface area contributed by atoms with Gasteiger partial charge >= 0.3 is 7.05 Å². The van der Waals surface area contributed by atoms with Gasteiger partial charge in [-0.25, -0.2) is 10.3 Å². The highest BCUT2D eigenvalue weighted by molar-refractivity contribution is 7.73. The number of hydrogen-bond donors (Lipinski definition) is 2. The molecule has 2 N–H and O–H groups in total. The highest BCUT2D eigenvalue weighted by Gasteiger charge is 2.33. The molecule has 88 valence electrons. The van der Waals surface area contributed by atoms with Crippen LogP contribution >= 0.6 is 0 Å². The van der Waals surface area contributed by atoms with Crippen LogP contribution in [0.2, 0.25) is 0 Å². The fourth-order valence-electron chi connectivity index (χ4n) is 1.76. The minimum absolute atomic E-state index is 0.0627. The fraction of sp³-hybridized carbons (Fsp3) is 0.100. The Morgan fingerprint density at radius 1 is 1.47 bits per heavy atom. The summed E-state index contributed by atoms with van der Waals surface area (Å²) < 4.78 is 22.3. The summed E-state index contributed by atoms with van der Waals surface area (Å²) in [5, 5.41) is 10.1. The monoisotopic (exact) mass is 250 g/mol. The molecule has 0 amide bonds. The van der Waals surface area contributed by atoms with Crippen LogP contribution in [0.4, 0.5) is 0 Å². The zero-order chi connectivity index (χ0) is 12.4. The van der Waals surface area contributed by atoms with E-state index in [1.165, 1.54) is 4.92 Å². The average molecular weight is 250 g/mol. The number of rotatable bonds is 2. The van der Waals surface area contributed by atoms with E-state index in [0.717, 1.165) is 0 Å². The maximum atomic E-state index is 11.1. The molecule has 0 saturated carbocycles.